The Morgan fingerprint density at radius 3 is 1.82 bits per heavy atom. The van der Waals surface area contributed by atoms with E-state index in [0.717, 1.165) is 12.3 Å². The van der Waals surface area contributed by atoms with Crippen LogP contribution in [0.5, 0.6) is 0 Å². The van der Waals surface area contributed by atoms with Crippen molar-refractivity contribution in [2.24, 2.45) is 10.4 Å². The molecule has 1 saturated heterocycles. The van der Waals surface area contributed by atoms with Gasteiger partial charge in [0, 0.05) is 33.2 Å². The van der Waals surface area contributed by atoms with Gasteiger partial charge in [-0.2, -0.15) is 0 Å². The van der Waals surface area contributed by atoms with Crippen LogP contribution in [0.1, 0.15) is 132 Å². The average molecular weight is 576 g/mol. The van der Waals surface area contributed by atoms with Gasteiger partial charge in [0.2, 0.25) is 0 Å². The zero-order valence-electron chi connectivity index (χ0n) is 27.8. The van der Waals surface area contributed by atoms with Crippen molar-refractivity contribution in [2.75, 3.05) is 4.90 Å². The lowest BCUT2D eigenvalue weighted by Crippen LogP contribution is -2.48. The molecule has 218 valence electrons. The lowest BCUT2D eigenvalue weighted by molar-refractivity contribution is 0.360. The van der Waals surface area contributed by atoms with Crippen LogP contribution < -0.4 is 4.90 Å². The van der Waals surface area contributed by atoms with E-state index < -0.39 is 0 Å². The Morgan fingerprint density at radius 1 is 0.850 bits per heavy atom. The van der Waals surface area contributed by atoms with E-state index in [9.17, 15) is 0 Å². The number of hydrogen-bond acceptors (Lipinski definition) is 1. The summed E-state index contributed by atoms with van der Waals surface area (Å²) in [4.78, 5) is 8.09. The lowest BCUT2D eigenvalue weighted by atomic mass is 9.85. The highest BCUT2D eigenvalue weighted by Gasteiger charge is 2.49. The lowest BCUT2D eigenvalue weighted by Gasteiger charge is -2.40. The molecule has 0 N–H and O–H groups in total. The summed E-state index contributed by atoms with van der Waals surface area (Å²) in [6.45, 7) is 32.7. The molecule has 2 radical (unpaired) electrons. The molecule has 5 heteroatoms. The SMILES string of the molecule is CC(C)c1cccc(C(C)C)c1N1C(=P[Si]N(C(=NC(C)(C)C)c2ccccc2)C(C)(C)C)C(C)(C)CC1(C)C. The molecule has 1 fully saturated rings. The Bertz CT molecular complexity index is 1200. The number of anilines is 1. The molecule has 1 aliphatic rings. The minimum atomic E-state index is -0.174. The van der Waals surface area contributed by atoms with Crippen molar-refractivity contribution in [1.82, 2.24) is 4.57 Å². The monoisotopic (exact) mass is 575 g/mol. The van der Waals surface area contributed by atoms with Crippen molar-refractivity contribution in [3.8, 4) is 0 Å². The molecule has 0 aliphatic carbocycles. The normalized spacial score (nSPS) is 18.8. The number of nitrogens with zero attached hydrogens (tertiary/aromatic N) is 3. The minimum Gasteiger partial charge on any atom is -0.371 e. The number of hydrogen-bond donors (Lipinski definition) is 0. The second kappa shape index (κ2) is 11.8. The van der Waals surface area contributed by atoms with Crippen molar-refractivity contribution < 1.29 is 0 Å². The summed E-state index contributed by atoms with van der Waals surface area (Å²) < 4.78 is 2.57. The van der Waals surface area contributed by atoms with Gasteiger partial charge in [-0.15, -0.1) is 0 Å². The fourth-order valence-corrected chi connectivity index (χ4v) is 10.6. The van der Waals surface area contributed by atoms with Gasteiger partial charge in [0.05, 0.1) is 5.54 Å². The molecule has 1 heterocycles. The first-order valence-electron chi connectivity index (χ1n) is 15.0. The maximum absolute atomic E-state index is 5.33. The van der Waals surface area contributed by atoms with Crippen molar-refractivity contribution in [1.29, 1.82) is 0 Å². The standard InChI is InChI=1S/C35H54N3PSi/c1-24(2)27-21-18-22-28(25(3)4)29(27)37-31(34(11,12)23-35(37,13)14)39-40-38(33(8,9)10)30(36-32(5,6)7)26-19-16-15-17-20-26/h15-22,24-25H,23H2,1-14H3. The predicted molar refractivity (Wildman–Crippen MR) is 182 cm³/mol. The van der Waals surface area contributed by atoms with E-state index in [0.29, 0.717) is 21.2 Å². The van der Waals surface area contributed by atoms with Crippen LogP contribution >= 0.6 is 7.75 Å². The van der Waals surface area contributed by atoms with Crippen LogP contribution in [0.3, 0.4) is 0 Å². The molecule has 0 unspecified atom stereocenters. The van der Waals surface area contributed by atoms with E-state index in [1.165, 1.54) is 35.5 Å². The van der Waals surface area contributed by atoms with Crippen LogP contribution in [-0.4, -0.2) is 41.8 Å². The van der Waals surface area contributed by atoms with E-state index in [1.54, 1.807) is 0 Å². The summed E-state index contributed by atoms with van der Waals surface area (Å²) in [7, 11) is 1.91. The summed E-state index contributed by atoms with van der Waals surface area (Å²) in [6.07, 6.45) is 1.13. The fraction of sp³-hybridized carbons (Fsp3) is 0.600. The Balaban J connectivity index is 2.26. The molecular weight excluding hydrogens is 521 g/mol. The quantitative estimate of drug-likeness (QED) is 0.148. The fourth-order valence-electron chi connectivity index (χ4n) is 5.97. The predicted octanol–water partition coefficient (Wildman–Crippen LogP) is 9.90. The van der Waals surface area contributed by atoms with Gasteiger partial charge < -0.3 is 9.47 Å². The molecule has 0 bridgehead atoms. The summed E-state index contributed by atoms with van der Waals surface area (Å²) in [5.74, 6) is 2.02. The Labute approximate surface area is 250 Å². The molecule has 2 aromatic carbocycles. The third-order valence-corrected chi connectivity index (χ3v) is 11.2. The first kappa shape index (κ1) is 32.6. The summed E-state index contributed by atoms with van der Waals surface area (Å²) >= 11 is 0. The van der Waals surface area contributed by atoms with Crippen LogP contribution in [0.2, 0.25) is 0 Å². The van der Waals surface area contributed by atoms with E-state index in [2.05, 4.69) is 155 Å². The zero-order valence-corrected chi connectivity index (χ0v) is 29.7. The molecule has 3 nitrogen and oxygen atoms in total. The topological polar surface area (TPSA) is 18.8 Å². The van der Waals surface area contributed by atoms with Gasteiger partial charge in [-0.3, -0.25) is 4.99 Å². The highest BCUT2D eigenvalue weighted by Crippen LogP contribution is 2.50. The summed E-state index contributed by atoms with van der Waals surface area (Å²) in [5.41, 5.74) is 6.95. The van der Waals surface area contributed by atoms with Crippen LogP contribution in [0.15, 0.2) is 53.5 Å². The van der Waals surface area contributed by atoms with E-state index in [-0.39, 0.29) is 22.0 Å². The maximum atomic E-state index is 5.33. The Hall–Kier alpha value is -1.90. The van der Waals surface area contributed by atoms with Crippen molar-refractivity contribution in [2.45, 2.75) is 132 Å². The van der Waals surface area contributed by atoms with Gasteiger partial charge in [-0.05, 0) is 84.8 Å². The third-order valence-electron chi connectivity index (χ3n) is 7.47. The van der Waals surface area contributed by atoms with Gasteiger partial charge >= 0.3 is 0 Å². The third kappa shape index (κ3) is 7.29. The van der Waals surface area contributed by atoms with Gasteiger partial charge in [0.1, 0.15) is 5.84 Å². The van der Waals surface area contributed by atoms with Crippen LogP contribution in [-0.2, 0) is 0 Å². The highest BCUT2D eigenvalue weighted by atomic mass is 31.3. The van der Waals surface area contributed by atoms with Crippen LogP contribution in [0.25, 0.3) is 0 Å². The number of para-hydroxylation sites is 1. The molecule has 2 aromatic rings. The van der Waals surface area contributed by atoms with Crippen molar-refractivity contribution >= 4 is 34.0 Å². The molecule has 40 heavy (non-hydrogen) atoms. The molecule has 0 amide bonds. The van der Waals surface area contributed by atoms with E-state index in [1.807, 2.05) is 0 Å². The average Bonchev–Trinajstić information content (AvgIpc) is 2.99. The molecule has 1 aliphatic heterocycles. The first-order valence-corrected chi connectivity index (χ1v) is 17.7. The number of rotatable bonds is 6. The first-order chi connectivity index (χ1) is 18.3. The number of amidine groups is 1. The largest absolute Gasteiger partial charge is 0.371 e. The molecule has 0 spiro atoms. The van der Waals surface area contributed by atoms with Gasteiger partial charge in [0.15, 0.2) is 0 Å². The zero-order chi connectivity index (χ0) is 30.3. The Kier molecular flexibility index (Phi) is 9.59. The Morgan fingerprint density at radius 2 is 1.38 bits per heavy atom. The number of aliphatic imine (C=N–C) groups is 1. The van der Waals surface area contributed by atoms with Crippen molar-refractivity contribution in [3.63, 3.8) is 0 Å². The molecule has 3 rings (SSSR count). The van der Waals surface area contributed by atoms with E-state index in [4.69, 9.17) is 4.99 Å². The summed E-state index contributed by atoms with van der Waals surface area (Å²) in [6, 6.07) is 17.7. The van der Waals surface area contributed by atoms with E-state index >= 15 is 0 Å². The summed E-state index contributed by atoms with van der Waals surface area (Å²) in [5, 5.41) is 0. The smallest absolute Gasteiger partial charge is 0.256 e. The van der Waals surface area contributed by atoms with Gasteiger partial charge in [-0.1, -0.05) is 97.8 Å². The van der Waals surface area contributed by atoms with Gasteiger partial charge in [-0.25, -0.2) is 0 Å². The second-order valence-electron chi connectivity index (χ2n) is 15.3. The maximum Gasteiger partial charge on any atom is 0.256 e. The van der Waals surface area contributed by atoms with Crippen molar-refractivity contribution in [3.05, 3.63) is 65.2 Å². The number of benzene rings is 2. The highest BCUT2D eigenvalue weighted by molar-refractivity contribution is 7.71. The molecule has 0 atom stereocenters. The van der Waals surface area contributed by atoms with Gasteiger partial charge in [0.25, 0.3) is 9.35 Å². The molecular formula is C35H54N3PSi. The second-order valence-corrected chi connectivity index (χ2v) is 17.9. The van der Waals surface area contributed by atoms with Crippen LogP contribution in [0.4, 0.5) is 5.69 Å². The molecule has 0 saturated carbocycles. The minimum absolute atomic E-state index is 0.0271. The van der Waals surface area contributed by atoms with Crippen LogP contribution in [0, 0.1) is 5.41 Å². The molecule has 0 aromatic heterocycles.